The van der Waals surface area contributed by atoms with Crippen molar-refractivity contribution in [1.29, 1.82) is 0 Å². The van der Waals surface area contributed by atoms with Crippen molar-refractivity contribution in [3.8, 4) is 5.75 Å². The van der Waals surface area contributed by atoms with Crippen molar-refractivity contribution in [2.45, 2.75) is 119 Å². The van der Waals surface area contributed by atoms with Crippen molar-refractivity contribution in [1.82, 2.24) is 36.4 Å². The van der Waals surface area contributed by atoms with Crippen molar-refractivity contribution in [3.63, 3.8) is 0 Å². The van der Waals surface area contributed by atoms with Gasteiger partial charge in [0.25, 0.3) is 0 Å². The van der Waals surface area contributed by atoms with Crippen molar-refractivity contribution in [2.24, 2.45) is 5.92 Å². The SMILES string of the molecule is CC(O)C1NC(=O)C(NC(=O)O)CC(O)C(OCC[N+](C)(C)C)NC(=O)C2C(O)C(C)CN2C(=O)C(C(C)O)NC(=O)C(C(O)C(O)c2ccc(O)cc2)NC(=O)C2CC(O)CN2C1=O. The van der Waals surface area contributed by atoms with Crippen molar-refractivity contribution >= 4 is 41.5 Å². The first-order valence-corrected chi connectivity index (χ1v) is 21.0. The molecule has 0 spiro atoms. The third-order valence-corrected chi connectivity index (χ3v) is 11.5. The number of nitrogens with one attached hydrogen (secondary N) is 5. The zero-order valence-corrected chi connectivity index (χ0v) is 36.8. The average molecular weight is 928 g/mol. The summed E-state index contributed by atoms with van der Waals surface area (Å²) in [5.74, 6) is -8.40. The Labute approximate surface area is 373 Å². The first-order chi connectivity index (χ1) is 30.2. The van der Waals surface area contributed by atoms with Crippen LogP contribution in [0.1, 0.15) is 45.3 Å². The number of hydrogen-bond acceptors (Lipinski definition) is 16. The molecule has 3 aliphatic heterocycles. The number of amides is 7. The van der Waals surface area contributed by atoms with E-state index in [0.29, 0.717) is 4.48 Å². The number of ether oxygens (including phenoxy) is 1. The van der Waals surface area contributed by atoms with Gasteiger partial charge in [-0.15, -0.1) is 0 Å². The third kappa shape index (κ3) is 13.2. The van der Waals surface area contributed by atoms with E-state index in [-0.39, 0.29) is 31.0 Å². The van der Waals surface area contributed by atoms with E-state index in [4.69, 9.17) is 4.74 Å². The predicted octanol–water partition coefficient (Wildman–Crippen LogP) is -6.26. The van der Waals surface area contributed by atoms with Gasteiger partial charge in [0.1, 0.15) is 66.9 Å². The molecule has 0 aliphatic carbocycles. The number of carbonyl (C=O) groups is 7. The van der Waals surface area contributed by atoms with Crippen LogP contribution in [0.25, 0.3) is 0 Å². The molecule has 0 radical (unpaired) electrons. The molecule has 0 bridgehead atoms. The Morgan fingerprint density at radius 1 is 0.785 bits per heavy atom. The Hall–Kier alpha value is -5.25. The molecular formula is C40H63N8O17+. The molecule has 14 N–H and O–H groups in total. The molecule has 0 saturated carbocycles. The topological polar surface area (TPSA) is 377 Å². The van der Waals surface area contributed by atoms with Crippen LogP contribution < -0.4 is 26.6 Å². The molecule has 65 heavy (non-hydrogen) atoms. The number of fused-ring (bicyclic) bond motifs is 2. The van der Waals surface area contributed by atoms with Gasteiger partial charge in [0.05, 0.1) is 52.2 Å². The maximum atomic E-state index is 14.4. The van der Waals surface area contributed by atoms with Gasteiger partial charge >= 0.3 is 6.09 Å². The molecule has 15 atom stereocenters. The highest BCUT2D eigenvalue weighted by Gasteiger charge is 2.50. The molecule has 1 aromatic rings. The number of benzene rings is 1. The zero-order valence-electron chi connectivity index (χ0n) is 36.8. The number of carbonyl (C=O) groups excluding carboxylic acids is 6. The molecule has 1 aromatic carbocycles. The van der Waals surface area contributed by atoms with Crippen molar-refractivity contribution < 1.29 is 88.7 Å². The lowest BCUT2D eigenvalue weighted by Crippen LogP contribution is -2.64. The molecule has 364 valence electrons. The lowest BCUT2D eigenvalue weighted by Gasteiger charge is -2.34. The fraction of sp³-hybridized carbons (Fsp3) is 0.675. The molecule has 3 saturated heterocycles. The van der Waals surface area contributed by atoms with Gasteiger partial charge in [0.15, 0.2) is 6.23 Å². The third-order valence-electron chi connectivity index (χ3n) is 11.5. The van der Waals surface area contributed by atoms with Crippen molar-refractivity contribution in [2.75, 3.05) is 47.4 Å². The van der Waals surface area contributed by atoms with E-state index >= 15 is 0 Å². The quantitative estimate of drug-likeness (QED) is 0.0971. The standard InChI is InChI=1S/C40H62N8O17/c1-17-15-47-29(30(17)54)36(60)45-37(65-12-11-48(4,5)6)25(53)14-23(41-40(63)64)33(57)42-26(18(2)49)38(61)46-16-22(52)13-24(46)34(58)44-28(35(59)43-27(19(3)50)39(47)62)32(56)31(55)20-7-9-21(51)10-8-20/h7-10,17-19,22-32,37,41,49-50,52-56H,11-16H2,1-6H3,(H5-,42,43,44,45,51,57,58,59,60,63,64)/p+1. The normalized spacial score (nSPS) is 32.1. The number of carboxylic acid groups (broad SMARTS) is 1. The van der Waals surface area contributed by atoms with Crippen LogP contribution in [-0.4, -0.2) is 228 Å². The molecule has 15 unspecified atom stereocenters. The lowest BCUT2D eigenvalue weighted by molar-refractivity contribution is -0.870. The second-order valence-corrected chi connectivity index (χ2v) is 17.9. The Balaban J connectivity index is 1.87. The fourth-order valence-electron chi connectivity index (χ4n) is 7.77. The summed E-state index contributed by atoms with van der Waals surface area (Å²) in [6.45, 7) is 2.88. The van der Waals surface area contributed by atoms with Gasteiger partial charge in [0, 0.05) is 31.8 Å². The maximum Gasteiger partial charge on any atom is 0.405 e. The summed E-state index contributed by atoms with van der Waals surface area (Å²) < 4.78 is 6.18. The Morgan fingerprint density at radius 2 is 1.34 bits per heavy atom. The number of likely N-dealkylation sites (N-methyl/N-ethyl adjacent to an activating group) is 1. The Morgan fingerprint density at radius 3 is 1.89 bits per heavy atom. The predicted molar refractivity (Wildman–Crippen MR) is 221 cm³/mol. The Kier molecular flexibility index (Phi) is 17.6. The first-order valence-electron chi connectivity index (χ1n) is 21.0. The molecule has 7 amide bonds. The highest BCUT2D eigenvalue weighted by atomic mass is 16.5. The van der Waals surface area contributed by atoms with Gasteiger partial charge < -0.3 is 91.6 Å². The lowest BCUT2D eigenvalue weighted by atomic mass is 9.96. The van der Waals surface area contributed by atoms with Crippen molar-refractivity contribution in [3.05, 3.63) is 29.8 Å². The number of phenols is 1. The van der Waals surface area contributed by atoms with Crippen LogP contribution in [0.3, 0.4) is 0 Å². The highest BCUT2D eigenvalue weighted by molar-refractivity contribution is 5.98. The van der Waals surface area contributed by atoms with Crippen LogP contribution in [0, 0.1) is 5.92 Å². The van der Waals surface area contributed by atoms with Crippen LogP contribution in [0.4, 0.5) is 4.79 Å². The summed E-state index contributed by atoms with van der Waals surface area (Å²) in [6, 6.07) is -6.85. The van der Waals surface area contributed by atoms with Crippen LogP contribution in [0.2, 0.25) is 0 Å². The van der Waals surface area contributed by atoms with E-state index in [1.54, 1.807) is 21.1 Å². The summed E-state index contributed by atoms with van der Waals surface area (Å²) in [5.41, 5.74) is -0.0686. The average Bonchev–Trinajstić information content (AvgIpc) is 3.76. The summed E-state index contributed by atoms with van der Waals surface area (Å²) in [6.07, 6.45) is -17.6. The number of quaternary nitrogens is 1. The van der Waals surface area contributed by atoms with E-state index in [1.807, 2.05) is 5.32 Å². The van der Waals surface area contributed by atoms with E-state index in [1.165, 1.54) is 19.1 Å². The van der Waals surface area contributed by atoms with Crippen LogP contribution >= 0.6 is 0 Å². The molecular weight excluding hydrogens is 864 g/mol. The first kappa shape index (κ1) is 52.4. The number of hydrogen-bond donors (Lipinski definition) is 14. The van der Waals surface area contributed by atoms with Gasteiger partial charge in [-0.1, -0.05) is 19.1 Å². The number of aromatic hydroxyl groups is 1. The van der Waals surface area contributed by atoms with Gasteiger partial charge in [-0.2, -0.15) is 0 Å². The smallest absolute Gasteiger partial charge is 0.405 e. The summed E-state index contributed by atoms with van der Waals surface area (Å²) in [5, 5.41) is 109. The molecule has 25 heteroatoms. The second kappa shape index (κ2) is 21.8. The number of aliphatic hydroxyl groups is 7. The second-order valence-electron chi connectivity index (χ2n) is 17.9. The minimum Gasteiger partial charge on any atom is -0.508 e. The molecule has 0 aromatic heterocycles. The molecule has 3 fully saturated rings. The molecule has 3 aliphatic rings. The van der Waals surface area contributed by atoms with Gasteiger partial charge in [-0.25, -0.2) is 4.79 Å². The molecule has 4 rings (SSSR count). The number of nitrogens with zero attached hydrogens (tertiary/aromatic N) is 3. The summed E-state index contributed by atoms with van der Waals surface area (Å²) >= 11 is 0. The molecule has 3 heterocycles. The van der Waals surface area contributed by atoms with E-state index in [0.717, 1.165) is 35.8 Å². The van der Waals surface area contributed by atoms with E-state index in [2.05, 4.69) is 21.3 Å². The zero-order chi connectivity index (χ0) is 48.8. The van der Waals surface area contributed by atoms with Gasteiger partial charge in [0.2, 0.25) is 35.4 Å². The maximum absolute atomic E-state index is 14.4. The fourth-order valence-corrected chi connectivity index (χ4v) is 7.77. The highest BCUT2D eigenvalue weighted by Crippen LogP contribution is 2.27. The Bertz CT molecular complexity index is 1880. The monoisotopic (exact) mass is 927 g/mol. The summed E-state index contributed by atoms with van der Waals surface area (Å²) in [7, 11) is 5.42. The van der Waals surface area contributed by atoms with Crippen LogP contribution in [-0.2, 0) is 33.5 Å². The molecule has 25 nitrogen and oxygen atoms in total. The van der Waals surface area contributed by atoms with Gasteiger partial charge in [-0.3, -0.25) is 28.8 Å². The number of aliphatic hydroxyl groups excluding tert-OH is 7. The summed E-state index contributed by atoms with van der Waals surface area (Å²) in [4.78, 5) is 98.4. The van der Waals surface area contributed by atoms with Crippen LogP contribution in [0.5, 0.6) is 5.75 Å². The van der Waals surface area contributed by atoms with E-state index < -0.39 is 152 Å². The minimum absolute atomic E-state index is 0.0686. The van der Waals surface area contributed by atoms with Gasteiger partial charge in [-0.05, 0) is 31.5 Å². The van der Waals surface area contributed by atoms with E-state index in [9.17, 15) is 79.5 Å². The minimum atomic E-state index is -2.28. The number of phenolic OH excluding ortho intramolecular Hbond substituents is 1. The van der Waals surface area contributed by atoms with Crippen LogP contribution in [0.15, 0.2) is 24.3 Å². The number of rotatable bonds is 10. The largest absolute Gasteiger partial charge is 0.508 e.